The number of anilines is 3. The summed E-state index contributed by atoms with van der Waals surface area (Å²) in [4.78, 5) is 39.3. The standard InChI is InChI=1S/C27H28N4O5/c1-18-9-6-7-12-21(18)28-24(32)17-36-26-22(13-8-14-23(26)35-2)29-30-27(34)19-15-25(33)31(16-19)20-10-4-3-5-11-20/h3-14,19,29H,15-17H2,1-2H3,(H,28,32)(H,30,34)/t19-/m0/s1. The van der Waals surface area contributed by atoms with Crippen LogP contribution in [-0.4, -0.2) is 38.0 Å². The summed E-state index contributed by atoms with van der Waals surface area (Å²) in [6, 6.07) is 21.8. The lowest BCUT2D eigenvalue weighted by molar-refractivity contribution is -0.125. The number of hydrogen-bond acceptors (Lipinski definition) is 6. The molecule has 0 bridgehead atoms. The summed E-state index contributed by atoms with van der Waals surface area (Å²) >= 11 is 0. The second kappa shape index (κ2) is 11.3. The van der Waals surface area contributed by atoms with E-state index in [4.69, 9.17) is 9.47 Å². The van der Waals surface area contributed by atoms with Crippen LogP contribution in [0.5, 0.6) is 11.5 Å². The summed E-state index contributed by atoms with van der Waals surface area (Å²) in [5, 5.41) is 2.81. The quantitative estimate of drug-likeness (QED) is 0.398. The summed E-state index contributed by atoms with van der Waals surface area (Å²) in [7, 11) is 1.49. The molecule has 1 atom stereocenters. The number of nitrogens with one attached hydrogen (secondary N) is 3. The molecule has 3 N–H and O–H groups in total. The van der Waals surface area contributed by atoms with Gasteiger partial charge in [0.1, 0.15) is 0 Å². The number of para-hydroxylation sites is 3. The lowest BCUT2D eigenvalue weighted by Gasteiger charge is -2.18. The van der Waals surface area contributed by atoms with Crippen molar-refractivity contribution in [1.82, 2.24) is 5.43 Å². The fourth-order valence-corrected chi connectivity index (χ4v) is 3.93. The predicted octanol–water partition coefficient (Wildman–Crippen LogP) is 3.52. The molecule has 0 aliphatic carbocycles. The molecule has 1 aliphatic rings. The van der Waals surface area contributed by atoms with Crippen LogP contribution >= 0.6 is 0 Å². The largest absolute Gasteiger partial charge is 0.493 e. The van der Waals surface area contributed by atoms with E-state index in [-0.39, 0.29) is 43.0 Å². The first kappa shape index (κ1) is 24.6. The Balaban J connectivity index is 1.38. The number of carbonyl (C=O) groups excluding carboxylic acids is 3. The van der Waals surface area contributed by atoms with Crippen molar-refractivity contribution in [3.63, 3.8) is 0 Å². The van der Waals surface area contributed by atoms with Gasteiger partial charge in [-0.15, -0.1) is 0 Å². The molecule has 3 amide bonds. The van der Waals surface area contributed by atoms with Gasteiger partial charge in [0, 0.05) is 24.3 Å². The molecule has 0 unspecified atom stereocenters. The van der Waals surface area contributed by atoms with E-state index in [9.17, 15) is 14.4 Å². The van der Waals surface area contributed by atoms with Crippen molar-refractivity contribution in [3.05, 3.63) is 78.4 Å². The SMILES string of the molecule is COc1cccc(NNC(=O)[C@H]2CC(=O)N(c3ccccc3)C2)c1OCC(=O)Nc1ccccc1C. The van der Waals surface area contributed by atoms with Gasteiger partial charge in [-0.3, -0.25) is 25.2 Å². The number of aryl methyl sites for hydroxylation is 1. The third-order valence-electron chi connectivity index (χ3n) is 5.85. The molecule has 3 aromatic carbocycles. The molecule has 3 aromatic rings. The summed E-state index contributed by atoms with van der Waals surface area (Å²) in [6.07, 6.45) is 0.114. The third kappa shape index (κ3) is 5.75. The zero-order chi connectivity index (χ0) is 25.5. The normalized spacial score (nSPS) is 14.8. The van der Waals surface area contributed by atoms with E-state index in [0.717, 1.165) is 11.3 Å². The van der Waals surface area contributed by atoms with Crippen LogP contribution in [0.3, 0.4) is 0 Å². The molecule has 36 heavy (non-hydrogen) atoms. The number of hydrazine groups is 1. The second-order valence-corrected chi connectivity index (χ2v) is 8.34. The molecule has 1 aliphatic heterocycles. The highest BCUT2D eigenvalue weighted by atomic mass is 16.5. The van der Waals surface area contributed by atoms with Gasteiger partial charge in [-0.05, 0) is 42.8 Å². The van der Waals surface area contributed by atoms with Gasteiger partial charge in [0.15, 0.2) is 18.1 Å². The molecule has 9 nitrogen and oxygen atoms in total. The molecular formula is C27H28N4O5. The van der Waals surface area contributed by atoms with Crippen LogP contribution in [0.2, 0.25) is 0 Å². The molecule has 0 radical (unpaired) electrons. The van der Waals surface area contributed by atoms with E-state index in [2.05, 4.69) is 16.2 Å². The fourth-order valence-electron chi connectivity index (χ4n) is 3.93. The van der Waals surface area contributed by atoms with E-state index in [1.165, 1.54) is 7.11 Å². The highest BCUT2D eigenvalue weighted by Gasteiger charge is 2.35. The van der Waals surface area contributed by atoms with Crippen LogP contribution in [0.1, 0.15) is 12.0 Å². The van der Waals surface area contributed by atoms with Crippen molar-refractivity contribution in [1.29, 1.82) is 0 Å². The van der Waals surface area contributed by atoms with Crippen molar-refractivity contribution in [2.24, 2.45) is 5.92 Å². The number of ether oxygens (including phenoxy) is 2. The number of hydrogen-bond donors (Lipinski definition) is 3. The van der Waals surface area contributed by atoms with E-state index in [1.807, 2.05) is 61.5 Å². The topological polar surface area (TPSA) is 109 Å². The molecule has 186 valence electrons. The van der Waals surface area contributed by atoms with Crippen LogP contribution in [0.15, 0.2) is 72.8 Å². The Labute approximate surface area is 209 Å². The van der Waals surface area contributed by atoms with Crippen molar-refractivity contribution in [3.8, 4) is 11.5 Å². The summed E-state index contributed by atoms with van der Waals surface area (Å²) in [5.41, 5.74) is 8.32. The van der Waals surface area contributed by atoms with Crippen LogP contribution in [0.25, 0.3) is 0 Å². The monoisotopic (exact) mass is 488 g/mol. The number of methoxy groups -OCH3 is 1. The summed E-state index contributed by atoms with van der Waals surface area (Å²) in [6.45, 7) is 1.93. The molecule has 0 spiro atoms. The van der Waals surface area contributed by atoms with Gasteiger partial charge in [0.05, 0.1) is 18.7 Å². The number of benzene rings is 3. The highest BCUT2D eigenvalue weighted by molar-refractivity contribution is 6.00. The Kier molecular flexibility index (Phi) is 7.69. The van der Waals surface area contributed by atoms with Crippen molar-refractivity contribution in [2.45, 2.75) is 13.3 Å². The van der Waals surface area contributed by atoms with E-state index in [0.29, 0.717) is 17.1 Å². The minimum absolute atomic E-state index is 0.105. The summed E-state index contributed by atoms with van der Waals surface area (Å²) in [5.74, 6) is -0.618. The molecule has 4 rings (SSSR count). The van der Waals surface area contributed by atoms with Crippen molar-refractivity contribution in [2.75, 3.05) is 35.9 Å². The summed E-state index contributed by atoms with van der Waals surface area (Å²) < 4.78 is 11.1. The molecule has 1 fully saturated rings. The maximum absolute atomic E-state index is 12.8. The molecule has 9 heteroatoms. The Morgan fingerprint density at radius 2 is 1.69 bits per heavy atom. The van der Waals surface area contributed by atoms with Gasteiger partial charge in [-0.25, -0.2) is 0 Å². The van der Waals surface area contributed by atoms with Crippen molar-refractivity contribution >= 4 is 34.8 Å². The van der Waals surface area contributed by atoms with Gasteiger partial charge >= 0.3 is 0 Å². The van der Waals surface area contributed by atoms with E-state index < -0.39 is 5.92 Å². The molecule has 1 heterocycles. The lowest BCUT2D eigenvalue weighted by Crippen LogP contribution is -2.36. The molecule has 1 saturated heterocycles. The average molecular weight is 489 g/mol. The lowest BCUT2D eigenvalue weighted by atomic mass is 10.1. The van der Waals surface area contributed by atoms with Crippen LogP contribution < -0.4 is 30.5 Å². The number of rotatable bonds is 9. The first-order chi connectivity index (χ1) is 17.5. The van der Waals surface area contributed by atoms with Crippen LogP contribution in [-0.2, 0) is 14.4 Å². The first-order valence-corrected chi connectivity index (χ1v) is 11.5. The van der Waals surface area contributed by atoms with Gasteiger partial charge in [0.2, 0.25) is 11.8 Å². The van der Waals surface area contributed by atoms with E-state index >= 15 is 0 Å². The second-order valence-electron chi connectivity index (χ2n) is 8.34. The minimum Gasteiger partial charge on any atom is -0.493 e. The molecule has 0 aromatic heterocycles. The number of amides is 3. The molecular weight excluding hydrogens is 460 g/mol. The van der Waals surface area contributed by atoms with Gasteiger partial charge in [0.25, 0.3) is 5.91 Å². The smallest absolute Gasteiger partial charge is 0.262 e. The number of nitrogens with zero attached hydrogens (tertiary/aromatic N) is 1. The van der Waals surface area contributed by atoms with Crippen LogP contribution in [0.4, 0.5) is 17.1 Å². The first-order valence-electron chi connectivity index (χ1n) is 11.5. The number of carbonyl (C=O) groups is 3. The van der Waals surface area contributed by atoms with Gasteiger partial charge in [-0.2, -0.15) is 0 Å². The van der Waals surface area contributed by atoms with Crippen molar-refractivity contribution < 1.29 is 23.9 Å². The maximum Gasteiger partial charge on any atom is 0.262 e. The molecule has 0 saturated carbocycles. The average Bonchev–Trinajstić information content (AvgIpc) is 3.29. The van der Waals surface area contributed by atoms with Gasteiger partial charge in [-0.1, -0.05) is 42.5 Å². The Morgan fingerprint density at radius 1 is 0.972 bits per heavy atom. The Hall–Kier alpha value is -4.53. The zero-order valence-corrected chi connectivity index (χ0v) is 20.1. The third-order valence-corrected chi connectivity index (χ3v) is 5.85. The zero-order valence-electron chi connectivity index (χ0n) is 20.1. The minimum atomic E-state index is -0.514. The Morgan fingerprint density at radius 3 is 2.44 bits per heavy atom. The van der Waals surface area contributed by atoms with Gasteiger partial charge < -0.3 is 19.7 Å². The fraction of sp³-hybridized carbons (Fsp3) is 0.222. The van der Waals surface area contributed by atoms with Crippen LogP contribution in [0, 0.1) is 12.8 Å². The van der Waals surface area contributed by atoms with E-state index in [1.54, 1.807) is 23.1 Å². The Bertz CT molecular complexity index is 1250. The predicted molar refractivity (Wildman–Crippen MR) is 137 cm³/mol. The highest BCUT2D eigenvalue weighted by Crippen LogP contribution is 2.35. The maximum atomic E-state index is 12.8.